The van der Waals surface area contributed by atoms with Crippen LogP contribution in [0.3, 0.4) is 0 Å². The minimum atomic E-state index is -0.0878. The lowest BCUT2D eigenvalue weighted by molar-refractivity contribution is 0.191. The Morgan fingerprint density at radius 3 is 2.86 bits per heavy atom. The summed E-state index contributed by atoms with van der Waals surface area (Å²) in [6.07, 6.45) is 3.55. The molecule has 1 aliphatic rings. The van der Waals surface area contributed by atoms with Crippen LogP contribution in [0.5, 0.6) is 17.4 Å². The largest absolute Gasteiger partial charge is 0.497 e. The number of ether oxygens (including phenoxy) is 3. The van der Waals surface area contributed by atoms with Gasteiger partial charge in [0.2, 0.25) is 5.88 Å². The molecule has 2 heterocycles. The highest BCUT2D eigenvalue weighted by Crippen LogP contribution is 2.38. The van der Waals surface area contributed by atoms with Crippen LogP contribution in [0, 0.1) is 0 Å². The summed E-state index contributed by atoms with van der Waals surface area (Å²) in [4.78, 5) is 18.9. The highest BCUT2D eigenvalue weighted by Gasteiger charge is 2.32. The fourth-order valence-corrected chi connectivity index (χ4v) is 3.49. The summed E-state index contributed by atoms with van der Waals surface area (Å²) in [5.74, 6) is 2.04. The predicted octanol–water partition coefficient (Wildman–Crippen LogP) is 3.54. The Labute approximate surface area is 165 Å². The van der Waals surface area contributed by atoms with Crippen LogP contribution in [0.2, 0.25) is 0 Å². The molecule has 2 amide bonds. The molecule has 1 aliphatic heterocycles. The third kappa shape index (κ3) is 4.47. The van der Waals surface area contributed by atoms with E-state index in [9.17, 15) is 4.79 Å². The first-order chi connectivity index (χ1) is 13.7. The first-order valence-corrected chi connectivity index (χ1v) is 9.50. The Morgan fingerprint density at radius 1 is 1.25 bits per heavy atom. The van der Waals surface area contributed by atoms with Crippen LogP contribution in [0.1, 0.15) is 36.9 Å². The number of benzene rings is 1. The Hall–Kier alpha value is -2.96. The van der Waals surface area contributed by atoms with Crippen LogP contribution in [-0.4, -0.2) is 43.3 Å². The van der Waals surface area contributed by atoms with Gasteiger partial charge in [-0.25, -0.2) is 9.78 Å². The molecule has 150 valence electrons. The summed E-state index contributed by atoms with van der Waals surface area (Å²) >= 11 is 0. The van der Waals surface area contributed by atoms with E-state index in [0.717, 1.165) is 35.5 Å². The zero-order chi connectivity index (χ0) is 19.9. The molecule has 0 bridgehead atoms. The fraction of sp³-hybridized carbons (Fsp3) is 0.429. The second kappa shape index (κ2) is 9.30. The van der Waals surface area contributed by atoms with Gasteiger partial charge in [-0.05, 0) is 43.5 Å². The van der Waals surface area contributed by atoms with Gasteiger partial charge in [0.05, 0.1) is 26.9 Å². The molecule has 0 aliphatic carbocycles. The molecule has 7 heteroatoms. The third-order valence-corrected chi connectivity index (χ3v) is 4.85. The van der Waals surface area contributed by atoms with Gasteiger partial charge in [-0.1, -0.05) is 0 Å². The Bertz CT molecular complexity index is 812. The SMILES string of the molecule is CCOc1cc(CNC(=O)N2CCCC2c2ccc(OC)cc2OC)ccn1. The number of nitrogens with one attached hydrogen (secondary N) is 1. The number of carbonyl (C=O) groups excluding carboxylic acids is 1. The normalized spacial score (nSPS) is 16.0. The zero-order valence-electron chi connectivity index (χ0n) is 16.6. The predicted molar refractivity (Wildman–Crippen MR) is 106 cm³/mol. The van der Waals surface area contributed by atoms with Gasteiger partial charge >= 0.3 is 6.03 Å². The van der Waals surface area contributed by atoms with Crippen molar-refractivity contribution in [1.82, 2.24) is 15.2 Å². The van der Waals surface area contributed by atoms with E-state index in [-0.39, 0.29) is 12.1 Å². The maximum absolute atomic E-state index is 12.8. The molecular weight excluding hydrogens is 358 g/mol. The topological polar surface area (TPSA) is 72.9 Å². The van der Waals surface area contributed by atoms with E-state index in [1.54, 1.807) is 20.4 Å². The van der Waals surface area contributed by atoms with E-state index in [4.69, 9.17) is 14.2 Å². The first kappa shape index (κ1) is 19.8. The maximum Gasteiger partial charge on any atom is 0.318 e. The quantitative estimate of drug-likeness (QED) is 0.789. The van der Waals surface area contributed by atoms with Gasteiger partial charge in [-0.15, -0.1) is 0 Å². The van der Waals surface area contributed by atoms with Gasteiger partial charge in [0.25, 0.3) is 0 Å². The van der Waals surface area contributed by atoms with Crippen molar-refractivity contribution in [3.63, 3.8) is 0 Å². The molecule has 0 saturated carbocycles. The van der Waals surface area contributed by atoms with Crippen LogP contribution >= 0.6 is 0 Å². The Morgan fingerprint density at radius 2 is 2.11 bits per heavy atom. The van der Waals surface area contributed by atoms with E-state index in [1.165, 1.54) is 0 Å². The van der Waals surface area contributed by atoms with Crippen LogP contribution in [0.15, 0.2) is 36.5 Å². The smallest absolute Gasteiger partial charge is 0.318 e. The number of aromatic nitrogens is 1. The number of urea groups is 1. The van der Waals surface area contributed by atoms with Crippen molar-refractivity contribution in [1.29, 1.82) is 0 Å². The number of rotatable bonds is 7. The number of hydrogen-bond donors (Lipinski definition) is 1. The van der Waals surface area contributed by atoms with E-state index in [1.807, 2.05) is 42.2 Å². The van der Waals surface area contributed by atoms with Crippen molar-refractivity contribution in [3.05, 3.63) is 47.7 Å². The van der Waals surface area contributed by atoms with Gasteiger partial charge in [0.15, 0.2) is 0 Å². The van der Waals surface area contributed by atoms with Crippen molar-refractivity contribution in [2.24, 2.45) is 0 Å². The monoisotopic (exact) mass is 385 g/mol. The molecule has 1 fully saturated rings. The molecule has 2 aromatic rings. The van der Waals surface area contributed by atoms with Crippen LogP contribution in [-0.2, 0) is 6.54 Å². The van der Waals surface area contributed by atoms with Crippen LogP contribution < -0.4 is 19.5 Å². The van der Waals surface area contributed by atoms with Crippen molar-refractivity contribution < 1.29 is 19.0 Å². The number of likely N-dealkylation sites (tertiary alicyclic amines) is 1. The lowest BCUT2D eigenvalue weighted by Crippen LogP contribution is -2.39. The molecule has 1 saturated heterocycles. The fourth-order valence-electron chi connectivity index (χ4n) is 3.49. The number of hydrogen-bond acceptors (Lipinski definition) is 5. The minimum Gasteiger partial charge on any atom is -0.497 e. The molecule has 1 atom stereocenters. The van der Waals surface area contributed by atoms with Crippen LogP contribution in [0.25, 0.3) is 0 Å². The lowest BCUT2D eigenvalue weighted by Gasteiger charge is -2.26. The molecule has 0 radical (unpaired) electrons. The maximum atomic E-state index is 12.8. The average molecular weight is 385 g/mol. The van der Waals surface area contributed by atoms with Gasteiger partial charge in [-0.3, -0.25) is 0 Å². The molecule has 1 N–H and O–H groups in total. The third-order valence-electron chi connectivity index (χ3n) is 4.85. The van der Waals surface area contributed by atoms with Gasteiger partial charge in [0, 0.05) is 37.0 Å². The van der Waals surface area contributed by atoms with Crippen molar-refractivity contribution >= 4 is 6.03 Å². The van der Waals surface area contributed by atoms with Crippen molar-refractivity contribution in [3.8, 4) is 17.4 Å². The van der Waals surface area contributed by atoms with E-state index >= 15 is 0 Å². The second-order valence-corrected chi connectivity index (χ2v) is 6.55. The van der Waals surface area contributed by atoms with Crippen molar-refractivity contribution in [2.75, 3.05) is 27.4 Å². The molecule has 28 heavy (non-hydrogen) atoms. The number of carbonyl (C=O) groups is 1. The summed E-state index contributed by atoms with van der Waals surface area (Å²) in [5.41, 5.74) is 1.95. The van der Waals surface area contributed by atoms with Crippen LogP contribution in [0.4, 0.5) is 4.79 Å². The highest BCUT2D eigenvalue weighted by molar-refractivity contribution is 5.75. The van der Waals surface area contributed by atoms with E-state index in [0.29, 0.717) is 25.6 Å². The molecule has 3 rings (SSSR count). The Kier molecular flexibility index (Phi) is 6.57. The summed E-state index contributed by atoms with van der Waals surface area (Å²) in [5, 5.41) is 3.01. The van der Waals surface area contributed by atoms with E-state index in [2.05, 4.69) is 10.3 Å². The number of nitrogens with zero attached hydrogens (tertiary/aromatic N) is 2. The van der Waals surface area contributed by atoms with Crippen molar-refractivity contribution in [2.45, 2.75) is 32.4 Å². The number of pyridine rings is 1. The second-order valence-electron chi connectivity index (χ2n) is 6.55. The summed E-state index contributed by atoms with van der Waals surface area (Å²) in [6.45, 7) is 3.61. The summed E-state index contributed by atoms with van der Waals surface area (Å²) in [6, 6.07) is 9.35. The van der Waals surface area contributed by atoms with Gasteiger partial charge in [-0.2, -0.15) is 0 Å². The summed E-state index contributed by atoms with van der Waals surface area (Å²) < 4.78 is 16.2. The van der Waals surface area contributed by atoms with Gasteiger partial charge in [0.1, 0.15) is 11.5 Å². The Balaban J connectivity index is 1.69. The molecule has 1 unspecified atom stereocenters. The highest BCUT2D eigenvalue weighted by atomic mass is 16.5. The average Bonchev–Trinajstić information content (AvgIpc) is 3.21. The molecule has 1 aromatic carbocycles. The number of amides is 2. The summed E-state index contributed by atoms with van der Waals surface area (Å²) in [7, 11) is 3.26. The minimum absolute atomic E-state index is 0.0164. The van der Waals surface area contributed by atoms with E-state index < -0.39 is 0 Å². The molecule has 1 aromatic heterocycles. The molecule has 7 nitrogen and oxygen atoms in total. The number of methoxy groups -OCH3 is 2. The lowest BCUT2D eigenvalue weighted by atomic mass is 10.0. The standard InChI is InChI=1S/C21H27N3O4/c1-4-28-20-12-15(9-10-22-20)14-23-21(25)24-11-5-6-18(24)17-8-7-16(26-2)13-19(17)27-3/h7-10,12-13,18H,4-6,11,14H2,1-3H3,(H,23,25). The van der Waals surface area contributed by atoms with Gasteiger partial charge < -0.3 is 24.4 Å². The molecule has 0 spiro atoms. The first-order valence-electron chi connectivity index (χ1n) is 9.50. The zero-order valence-corrected chi connectivity index (χ0v) is 16.6. The molecular formula is C21H27N3O4.